The number of benzene rings is 2. The number of nitrogens with one attached hydrogen (secondary N) is 1. The second-order valence-corrected chi connectivity index (χ2v) is 7.70. The predicted molar refractivity (Wildman–Crippen MR) is 114 cm³/mol. The van der Waals surface area contributed by atoms with E-state index in [1.807, 2.05) is 25.1 Å². The van der Waals surface area contributed by atoms with Crippen molar-refractivity contribution in [1.82, 2.24) is 25.0 Å². The summed E-state index contributed by atoms with van der Waals surface area (Å²) in [5, 5.41) is 16.2. The molecular formula is C22H16ClFN6O. The van der Waals surface area contributed by atoms with E-state index in [1.54, 1.807) is 18.2 Å². The van der Waals surface area contributed by atoms with Gasteiger partial charge < -0.3 is 5.32 Å². The van der Waals surface area contributed by atoms with E-state index in [4.69, 9.17) is 11.6 Å². The number of halogens is 2. The summed E-state index contributed by atoms with van der Waals surface area (Å²) in [5.41, 5.74) is 3.77. The Bertz CT molecular complexity index is 1300. The van der Waals surface area contributed by atoms with E-state index < -0.39 is 0 Å². The van der Waals surface area contributed by atoms with Gasteiger partial charge in [0.2, 0.25) is 5.91 Å². The molecule has 1 aliphatic heterocycles. The molecule has 31 heavy (non-hydrogen) atoms. The lowest BCUT2D eigenvalue weighted by Gasteiger charge is -2.24. The van der Waals surface area contributed by atoms with E-state index in [0.29, 0.717) is 22.1 Å². The molecule has 4 aromatic rings. The van der Waals surface area contributed by atoms with Crippen LogP contribution in [0.3, 0.4) is 0 Å². The van der Waals surface area contributed by atoms with Crippen LogP contribution in [0.1, 0.15) is 29.2 Å². The highest BCUT2D eigenvalue weighted by molar-refractivity contribution is 6.30. The third-order valence-corrected chi connectivity index (χ3v) is 5.47. The summed E-state index contributed by atoms with van der Waals surface area (Å²) in [4.78, 5) is 17.1. The number of nitrogens with zero attached hydrogens (tertiary/aromatic N) is 5. The second kappa shape index (κ2) is 7.55. The molecule has 0 fully saturated rings. The van der Waals surface area contributed by atoms with Crippen LogP contribution in [0, 0.1) is 12.7 Å². The highest BCUT2D eigenvalue weighted by Gasteiger charge is 2.33. The van der Waals surface area contributed by atoms with Crippen LogP contribution < -0.4 is 5.32 Å². The molecule has 7 nitrogen and oxygen atoms in total. The number of anilines is 1. The monoisotopic (exact) mass is 434 g/mol. The lowest BCUT2D eigenvalue weighted by molar-refractivity contribution is -0.116. The van der Waals surface area contributed by atoms with Crippen LogP contribution in [0.5, 0.6) is 0 Å². The van der Waals surface area contributed by atoms with Crippen molar-refractivity contribution in [2.75, 3.05) is 5.32 Å². The summed E-state index contributed by atoms with van der Waals surface area (Å²) in [6.45, 7) is 1.88. The average molecular weight is 435 g/mol. The van der Waals surface area contributed by atoms with Crippen LogP contribution in [0.2, 0.25) is 5.02 Å². The molecule has 1 atom stereocenters. The Hall–Kier alpha value is -3.65. The van der Waals surface area contributed by atoms with Gasteiger partial charge in [-0.3, -0.25) is 4.79 Å². The van der Waals surface area contributed by atoms with Crippen molar-refractivity contribution in [3.05, 3.63) is 82.4 Å². The molecule has 0 spiro atoms. The van der Waals surface area contributed by atoms with Crippen LogP contribution in [-0.2, 0) is 4.79 Å². The predicted octanol–water partition coefficient (Wildman–Crippen LogP) is 4.30. The maximum absolute atomic E-state index is 13.3. The SMILES string of the molecule is Cc1nn(-c2nncc(-c3ccc(F)cc3)n2)c2c1C(c1cccc(Cl)c1)CC(=O)N2. The quantitative estimate of drug-likeness (QED) is 0.519. The molecule has 9 heteroatoms. The maximum atomic E-state index is 13.3. The van der Waals surface area contributed by atoms with Gasteiger partial charge in [0.15, 0.2) is 0 Å². The summed E-state index contributed by atoms with van der Waals surface area (Å²) in [7, 11) is 0. The standard InChI is InChI=1S/C22H16ClFN6O/c1-12-20-17(14-3-2-4-15(23)9-14)10-19(31)27-21(20)30(29-12)22-26-18(11-25-28-22)13-5-7-16(24)8-6-13/h2-9,11,17H,10H2,1H3,(H,27,31). The molecular weight excluding hydrogens is 419 g/mol. The molecule has 0 saturated carbocycles. The zero-order valence-corrected chi connectivity index (χ0v) is 17.1. The van der Waals surface area contributed by atoms with Gasteiger partial charge in [-0.15, -0.1) is 5.10 Å². The molecule has 1 N–H and O–H groups in total. The first kappa shape index (κ1) is 19.3. The number of aryl methyl sites for hydroxylation is 1. The Morgan fingerprint density at radius 3 is 2.77 bits per heavy atom. The number of hydrogen-bond acceptors (Lipinski definition) is 5. The van der Waals surface area contributed by atoms with Crippen LogP contribution in [0.15, 0.2) is 54.7 Å². The van der Waals surface area contributed by atoms with E-state index >= 15 is 0 Å². The summed E-state index contributed by atoms with van der Waals surface area (Å²) in [6.07, 6.45) is 1.78. The van der Waals surface area contributed by atoms with Crippen LogP contribution >= 0.6 is 11.6 Å². The molecule has 2 aromatic heterocycles. The lowest BCUT2D eigenvalue weighted by Crippen LogP contribution is -2.25. The number of carbonyl (C=O) groups is 1. The van der Waals surface area contributed by atoms with Gasteiger partial charge in [0.05, 0.1) is 17.6 Å². The van der Waals surface area contributed by atoms with Gasteiger partial charge in [0.25, 0.3) is 5.95 Å². The Balaban J connectivity index is 1.61. The minimum atomic E-state index is -0.336. The van der Waals surface area contributed by atoms with Crippen LogP contribution in [0.4, 0.5) is 10.2 Å². The van der Waals surface area contributed by atoms with E-state index in [0.717, 1.165) is 16.8 Å². The Kier molecular flexibility index (Phi) is 4.71. The Morgan fingerprint density at radius 2 is 2.00 bits per heavy atom. The first-order valence-corrected chi connectivity index (χ1v) is 9.98. The fourth-order valence-electron chi connectivity index (χ4n) is 3.84. The minimum Gasteiger partial charge on any atom is -0.310 e. The van der Waals surface area contributed by atoms with Gasteiger partial charge in [0, 0.05) is 28.5 Å². The molecule has 0 bridgehead atoms. The molecule has 154 valence electrons. The van der Waals surface area contributed by atoms with Gasteiger partial charge in [0.1, 0.15) is 11.6 Å². The van der Waals surface area contributed by atoms with Crippen molar-refractivity contribution in [1.29, 1.82) is 0 Å². The molecule has 5 rings (SSSR count). The summed E-state index contributed by atoms with van der Waals surface area (Å²) < 4.78 is 14.8. The Morgan fingerprint density at radius 1 is 1.19 bits per heavy atom. The van der Waals surface area contributed by atoms with Gasteiger partial charge in [-0.05, 0) is 48.9 Å². The average Bonchev–Trinajstić information content (AvgIpc) is 3.10. The fraction of sp³-hybridized carbons (Fsp3) is 0.136. The zero-order valence-electron chi connectivity index (χ0n) is 16.4. The molecule has 2 aromatic carbocycles. The first-order chi connectivity index (χ1) is 15.0. The van der Waals surface area contributed by atoms with Gasteiger partial charge in [-0.1, -0.05) is 23.7 Å². The minimum absolute atomic E-state index is 0.138. The van der Waals surface area contributed by atoms with Crippen molar-refractivity contribution in [2.24, 2.45) is 0 Å². The van der Waals surface area contributed by atoms with Gasteiger partial charge in [-0.2, -0.15) is 14.9 Å². The number of hydrogen-bond donors (Lipinski definition) is 1. The fourth-order valence-corrected chi connectivity index (χ4v) is 4.04. The van der Waals surface area contributed by atoms with Crippen molar-refractivity contribution < 1.29 is 9.18 Å². The molecule has 1 aliphatic rings. The van der Waals surface area contributed by atoms with Crippen molar-refractivity contribution in [3.63, 3.8) is 0 Å². The van der Waals surface area contributed by atoms with E-state index in [9.17, 15) is 9.18 Å². The van der Waals surface area contributed by atoms with Crippen LogP contribution in [-0.4, -0.2) is 30.9 Å². The maximum Gasteiger partial charge on any atom is 0.272 e. The number of aromatic nitrogens is 5. The molecule has 1 amide bonds. The third-order valence-electron chi connectivity index (χ3n) is 5.23. The number of rotatable bonds is 3. The highest BCUT2D eigenvalue weighted by atomic mass is 35.5. The first-order valence-electron chi connectivity index (χ1n) is 9.60. The third kappa shape index (κ3) is 3.55. The summed E-state index contributed by atoms with van der Waals surface area (Å²) in [6, 6.07) is 13.4. The number of fused-ring (bicyclic) bond motifs is 1. The lowest BCUT2D eigenvalue weighted by atomic mass is 9.86. The summed E-state index contributed by atoms with van der Waals surface area (Å²) >= 11 is 6.18. The smallest absolute Gasteiger partial charge is 0.272 e. The molecule has 0 saturated heterocycles. The van der Waals surface area contributed by atoms with Gasteiger partial charge >= 0.3 is 0 Å². The molecule has 0 radical (unpaired) electrons. The highest BCUT2D eigenvalue weighted by Crippen LogP contribution is 2.40. The number of amides is 1. The normalized spacial score (nSPS) is 15.5. The largest absolute Gasteiger partial charge is 0.310 e. The molecule has 3 heterocycles. The molecule has 1 unspecified atom stereocenters. The van der Waals surface area contributed by atoms with Crippen molar-refractivity contribution in [2.45, 2.75) is 19.3 Å². The van der Waals surface area contributed by atoms with Crippen molar-refractivity contribution >= 4 is 23.3 Å². The van der Waals surface area contributed by atoms with Crippen LogP contribution in [0.25, 0.3) is 17.2 Å². The van der Waals surface area contributed by atoms with Crippen molar-refractivity contribution in [3.8, 4) is 17.2 Å². The second-order valence-electron chi connectivity index (χ2n) is 7.27. The van der Waals surface area contributed by atoms with E-state index in [1.165, 1.54) is 23.0 Å². The zero-order chi connectivity index (χ0) is 21.5. The van der Waals surface area contributed by atoms with E-state index in [2.05, 4.69) is 25.6 Å². The number of carbonyl (C=O) groups excluding carboxylic acids is 1. The van der Waals surface area contributed by atoms with Gasteiger partial charge in [-0.25, -0.2) is 9.37 Å². The molecule has 0 aliphatic carbocycles. The topological polar surface area (TPSA) is 85.6 Å². The summed E-state index contributed by atoms with van der Waals surface area (Å²) in [5.74, 6) is 0.0539. The van der Waals surface area contributed by atoms with E-state index in [-0.39, 0.29) is 30.0 Å². The Labute approximate surface area is 181 Å².